The van der Waals surface area contributed by atoms with Gasteiger partial charge in [-0.1, -0.05) is 0 Å². The number of carbonyl (C=O) groups is 1. The first-order valence-corrected chi connectivity index (χ1v) is 6.94. The van der Waals surface area contributed by atoms with Gasteiger partial charge in [-0.2, -0.15) is 0 Å². The predicted molar refractivity (Wildman–Crippen MR) is 82.3 cm³/mol. The average Bonchev–Trinajstić information content (AvgIpc) is 2.46. The van der Waals surface area contributed by atoms with Crippen molar-refractivity contribution in [3.63, 3.8) is 0 Å². The summed E-state index contributed by atoms with van der Waals surface area (Å²) in [5.41, 5.74) is 0.613. The van der Waals surface area contributed by atoms with Crippen molar-refractivity contribution in [1.82, 2.24) is 5.32 Å². The van der Waals surface area contributed by atoms with Crippen LogP contribution in [0, 0.1) is 0 Å². The molecule has 0 saturated carbocycles. The maximum absolute atomic E-state index is 11.8. The third-order valence-corrected chi connectivity index (χ3v) is 2.67. The molecule has 6 nitrogen and oxygen atoms in total. The highest BCUT2D eigenvalue weighted by Gasteiger charge is 2.05. The number of amides is 2. The minimum absolute atomic E-state index is 0.211. The van der Waals surface area contributed by atoms with E-state index >= 15 is 0 Å². The summed E-state index contributed by atoms with van der Waals surface area (Å²) in [5, 5.41) is 5.51. The van der Waals surface area contributed by atoms with Crippen molar-refractivity contribution in [1.29, 1.82) is 0 Å². The number of nitrogens with one attached hydrogen (secondary N) is 2. The number of anilines is 1. The molecule has 0 saturated heterocycles. The molecular formula is C15H24N2O4. The molecule has 0 spiro atoms. The minimum Gasteiger partial charge on any atom is -0.497 e. The maximum Gasteiger partial charge on any atom is 0.319 e. The summed E-state index contributed by atoms with van der Waals surface area (Å²) >= 11 is 0. The van der Waals surface area contributed by atoms with E-state index < -0.39 is 0 Å². The van der Waals surface area contributed by atoms with Crippen molar-refractivity contribution < 1.29 is 19.0 Å². The minimum atomic E-state index is -0.269. The van der Waals surface area contributed by atoms with Gasteiger partial charge in [-0.05, 0) is 20.3 Å². The SMILES string of the molecule is COc1cc(NC(=O)NCCCOC(C)C)cc(OC)c1. The molecule has 0 aliphatic heterocycles. The van der Waals surface area contributed by atoms with Crippen molar-refractivity contribution in [3.05, 3.63) is 18.2 Å². The van der Waals surface area contributed by atoms with Crippen LogP contribution in [0.5, 0.6) is 11.5 Å². The van der Waals surface area contributed by atoms with E-state index in [-0.39, 0.29) is 12.1 Å². The molecule has 0 fully saturated rings. The first-order valence-electron chi connectivity index (χ1n) is 6.94. The summed E-state index contributed by atoms with van der Waals surface area (Å²) < 4.78 is 15.7. The van der Waals surface area contributed by atoms with Gasteiger partial charge in [0.05, 0.1) is 20.3 Å². The summed E-state index contributed by atoms with van der Waals surface area (Å²) in [6.45, 7) is 5.15. The Labute approximate surface area is 125 Å². The van der Waals surface area contributed by atoms with Gasteiger partial charge in [-0.15, -0.1) is 0 Å². The molecule has 118 valence electrons. The van der Waals surface area contributed by atoms with Crippen LogP contribution in [-0.2, 0) is 4.74 Å². The standard InChI is InChI=1S/C15H24N2O4/c1-11(2)21-7-5-6-16-15(18)17-12-8-13(19-3)10-14(9-12)20-4/h8-11H,5-7H2,1-4H3,(H2,16,17,18). The second-order valence-electron chi connectivity index (χ2n) is 4.76. The molecule has 0 aromatic heterocycles. The molecule has 2 amide bonds. The number of methoxy groups -OCH3 is 2. The lowest BCUT2D eigenvalue weighted by Crippen LogP contribution is -2.30. The fourth-order valence-corrected chi connectivity index (χ4v) is 1.65. The molecular weight excluding hydrogens is 272 g/mol. The molecule has 0 radical (unpaired) electrons. The monoisotopic (exact) mass is 296 g/mol. The molecule has 0 atom stereocenters. The first kappa shape index (κ1) is 17.1. The number of benzene rings is 1. The lowest BCUT2D eigenvalue weighted by Gasteiger charge is -2.11. The highest BCUT2D eigenvalue weighted by molar-refractivity contribution is 5.89. The van der Waals surface area contributed by atoms with E-state index in [9.17, 15) is 4.79 Å². The van der Waals surface area contributed by atoms with Crippen LogP contribution in [0.25, 0.3) is 0 Å². The second-order valence-corrected chi connectivity index (χ2v) is 4.76. The number of carbonyl (C=O) groups excluding carboxylic acids is 1. The molecule has 0 bridgehead atoms. The Hall–Kier alpha value is -1.95. The summed E-state index contributed by atoms with van der Waals surface area (Å²) in [5.74, 6) is 1.24. The number of hydrogen-bond acceptors (Lipinski definition) is 4. The van der Waals surface area contributed by atoms with Gasteiger partial charge in [-0.3, -0.25) is 0 Å². The van der Waals surface area contributed by atoms with Crippen molar-refractivity contribution in [2.75, 3.05) is 32.7 Å². The molecule has 1 aromatic carbocycles. The van der Waals surface area contributed by atoms with Crippen LogP contribution in [0.15, 0.2) is 18.2 Å². The Kier molecular flexibility index (Phi) is 7.39. The van der Waals surface area contributed by atoms with Gasteiger partial charge in [-0.25, -0.2) is 4.79 Å². The van der Waals surface area contributed by atoms with Crippen LogP contribution < -0.4 is 20.1 Å². The van der Waals surface area contributed by atoms with E-state index in [2.05, 4.69) is 10.6 Å². The van der Waals surface area contributed by atoms with E-state index in [4.69, 9.17) is 14.2 Å². The first-order chi connectivity index (χ1) is 10.0. The molecule has 1 aromatic rings. The van der Waals surface area contributed by atoms with Gasteiger partial charge in [0.2, 0.25) is 0 Å². The van der Waals surface area contributed by atoms with Gasteiger partial charge in [0.15, 0.2) is 0 Å². The Morgan fingerprint density at radius 1 is 1.14 bits per heavy atom. The highest BCUT2D eigenvalue weighted by Crippen LogP contribution is 2.25. The van der Waals surface area contributed by atoms with E-state index in [0.29, 0.717) is 30.3 Å². The van der Waals surface area contributed by atoms with Gasteiger partial charge < -0.3 is 24.8 Å². The Bertz CT molecular complexity index is 427. The zero-order valence-electron chi connectivity index (χ0n) is 13.1. The Balaban J connectivity index is 2.40. The average molecular weight is 296 g/mol. The van der Waals surface area contributed by atoms with Gasteiger partial charge in [0, 0.05) is 37.0 Å². The molecule has 0 unspecified atom stereocenters. The third-order valence-electron chi connectivity index (χ3n) is 2.67. The quantitative estimate of drug-likeness (QED) is 0.724. The highest BCUT2D eigenvalue weighted by atomic mass is 16.5. The molecule has 2 N–H and O–H groups in total. The van der Waals surface area contributed by atoms with Crippen molar-refractivity contribution in [2.24, 2.45) is 0 Å². The molecule has 1 rings (SSSR count). The molecule has 0 aliphatic carbocycles. The van der Waals surface area contributed by atoms with Crippen LogP contribution >= 0.6 is 0 Å². The molecule has 21 heavy (non-hydrogen) atoms. The number of ether oxygens (including phenoxy) is 3. The van der Waals surface area contributed by atoms with Crippen LogP contribution in [0.4, 0.5) is 10.5 Å². The maximum atomic E-state index is 11.8. The second kappa shape index (κ2) is 9.07. The molecule has 6 heteroatoms. The summed E-state index contributed by atoms with van der Waals surface area (Å²) in [7, 11) is 3.13. The number of urea groups is 1. The third kappa shape index (κ3) is 6.85. The fourth-order valence-electron chi connectivity index (χ4n) is 1.65. The fraction of sp³-hybridized carbons (Fsp3) is 0.533. The Morgan fingerprint density at radius 3 is 2.29 bits per heavy atom. The smallest absolute Gasteiger partial charge is 0.319 e. The van der Waals surface area contributed by atoms with Gasteiger partial charge in [0.1, 0.15) is 11.5 Å². The molecule has 0 heterocycles. The van der Waals surface area contributed by atoms with E-state index in [0.717, 1.165) is 6.42 Å². The summed E-state index contributed by atoms with van der Waals surface area (Å²) in [6.07, 6.45) is 0.982. The van der Waals surface area contributed by atoms with E-state index in [1.807, 2.05) is 13.8 Å². The summed E-state index contributed by atoms with van der Waals surface area (Å²) in [4.78, 5) is 11.8. The number of rotatable bonds is 8. The van der Waals surface area contributed by atoms with Crippen LogP contribution in [0.2, 0.25) is 0 Å². The normalized spacial score (nSPS) is 10.3. The van der Waals surface area contributed by atoms with Crippen LogP contribution in [-0.4, -0.2) is 39.5 Å². The number of hydrogen-bond donors (Lipinski definition) is 2. The molecule has 0 aliphatic rings. The summed E-state index contributed by atoms with van der Waals surface area (Å²) in [6, 6.07) is 4.93. The van der Waals surface area contributed by atoms with E-state index in [1.54, 1.807) is 32.4 Å². The van der Waals surface area contributed by atoms with E-state index in [1.165, 1.54) is 0 Å². The lowest BCUT2D eigenvalue weighted by atomic mass is 10.3. The zero-order chi connectivity index (χ0) is 15.7. The van der Waals surface area contributed by atoms with Crippen molar-refractivity contribution in [3.8, 4) is 11.5 Å². The topological polar surface area (TPSA) is 68.8 Å². The van der Waals surface area contributed by atoms with Crippen molar-refractivity contribution in [2.45, 2.75) is 26.4 Å². The largest absolute Gasteiger partial charge is 0.497 e. The zero-order valence-corrected chi connectivity index (χ0v) is 13.1. The lowest BCUT2D eigenvalue weighted by molar-refractivity contribution is 0.0775. The van der Waals surface area contributed by atoms with Gasteiger partial charge >= 0.3 is 6.03 Å². The van der Waals surface area contributed by atoms with Crippen LogP contribution in [0.3, 0.4) is 0 Å². The Morgan fingerprint density at radius 2 is 1.76 bits per heavy atom. The van der Waals surface area contributed by atoms with Gasteiger partial charge in [0.25, 0.3) is 0 Å². The predicted octanol–water partition coefficient (Wildman–Crippen LogP) is 2.64. The van der Waals surface area contributed by atoms with Crippen LogP contribution in [0.1, 0.15) is 20.3 Å². The van der Waals surface area contributed by atoms with Crippen molar-refractivity contribution >= 4 is 11.7 Å².